The predicted molar refractivity (Wildman–Crippen MR) is 71.0 cm³/mol. The molecule has 0 unspecified atom stereocenters. The lowest BCUT2D eigenvalue weighted by atomic mass is 10.2. The first kappa shape index (κ1) is 14.7. The summed E-state index contributed by atoms with van der Waals surface area (Å²) in [5.74, 6) is -1.71. The summed E-state index contributed by atoms with van der Waals surface area (Å²) < 4.78 is 27.7. The van der Waals surface area contributed by atoms with Crippen molar-refractivity contribution in [1.82, 2.24) is 10.2 Å². The molecule has 106 valence electrons. The van der Waals surface area contributed by atoms with Gasteiger partial charge in [-0.3, -0.25) is 10.1 Å². The van der Waals surface area contributed by atoms with Crippen LogP contribution in [0, 0.1) is 21.7 Å². The van der Waals surface area contributed by atoms with Crippen LogP contribution in [0.2, 0.25) is 0 Å². The Kier molecular flexibility index (Phi) is 4.56. The molecule has 2 rings (SSSR count). The SMILES string of the molecule is O=[N+]([O-])c1ccc(F)c(-c2nnc(CCCCl)s2)c1F. The summed E-state index contributed by atoms with van der Waals surface area (Å²) in [6.07, 6.45) is 1.20. The van der Waals surface area contributed by atoms with Crippen molar-refractivity contribution in [3.8, 4) is 10.6 Å². The minimum absolute atomic E-state index is 0.0201. The van der Waals surface area contributed by atoms with Crippen molar-refractivity contribution in [2.24, 2.45) is 0 Å². The molecule has 0 aliphatic heterocycles. The second kappa shape index (κ2) is 6.19. The Morgan fingerprint density at radius 2 is 2.10 bits per heavy atom. The topological polar surface area (TPSA) is 68.9 Å². The van der Waals surface area contributed by atoms with Gasteiger partial charge in [-0.2, -0.15) is 4.39 Å². The number of hydrogen-bond donors (Lipinski definition) is 0. The Hall–Kier alpha value is -1.67. The summed E-state index contributed by atoms with van der Waals surface area (Å²) in [6, 6.07) is 1.62. The van der Waals surface area contributed by atoms with E-state index in [-0.39, 0.29) is 5.01 Å². The number of halogens is 3. The molecule has 0 atom stereocenters. The van der Waals surface area contributed by atoms with Crippen LogP contribution in [0.1, 0.15) is 11.4 Å². The highest BCUT2D eigenvalue weighted by Gasteiger charge is 2.24. The van der Waals surface area contributed by atoms with Crippen LogP contribution in [0.4, 0.5) is 14.5 Å². The van der Waals surface area contributed by atoms with Gasteiger partial charge in [-0.1, -0.05) is 11.3 Å². The largest absolute Gasteiger partial charge is 0.305 e. The van der Waals surface area contributed by atoms with Crippen LogP contribution in [0.3, 0.4) is 0 Å². The molecule has 5 nitrogen and oxygen atoms in total. The number of nitrogens with zero attached hydrogens (tertiary/aromatic N) is 3. The Morgan fingerprint density at radius 1 is 1.35 bits per heavy atom. The molecule has 20 heavy (non-hydrogen) atoms. The van der Waals surface area contributed by atoms with E-state index in [4.69, 9.17) is 11.6 Å². The van der Waals surface area contributed by atoms with Crippen LogP contribution < -0.4 is 0 Å². The first-order chi connectivity index (χ1) is 9.54. The van der Waals surface area contributed by atoms with E-state index in [2.05, 4.69) is 10.2 Å². The third kappa shape index (κ3) is 2.91. The molecule has 0 saturated heterocycles. The lowest BCUT2D eigenvalue weighted by molar-refractivity contribution is -0.387. The van der Waals surface area contributed by atoms with E-state index < -0.39 is 27.8 Å². The van der Waals surface area contributed by atoms with Gasteiger partial charge in [0.05, 0.1) is 10.5 Å². The standard InChI is InChI=1S/C11H8ClF2N3O2S/c12-5-1-2-8-15-16-11(20-8)9-6(13)3-4-7(10(9)14)17(18)19/h3-4H,1-2,5H2. The number of hydrogen-bond acceptors (Lipinski definition) is 5. The van der Waals surface area contributed by atoms with Gasteiger partial charge in [0, 0.05) is 18.4 Å². The third-order valence-corrected chi connectivity index (χ3v) is 3.74. The van der Waals surface area contributed by atoms with Crippen molar-refractivity contribution < 1.29 is 13.7 Å². The van der Waals surface area contributed by atoms with Gasteiger partial charge in [0.25, 0.3) is 0 Å². The van der Waals surface area contributed by atoms with E-state index in [1.54, 1.807) is 0 Å². The van der Waals surface area contributed by atoms with E-state index in [1.807, 2.05) is 0 Å². The molecular weight excluding hydrogens is 312 g/mol. The average molecular weight is 320 g/mol. The minimum atomic E-state index is -1.24. The van der Waals surface area contributed by atoms with Gasteiger partial charge >= 0.3 is 5.69 Å². The quantitative estimate of drug-likeness (QED) is 0.480. The van der Waals surface area contributed by atoms with Crippen LogP contribution in [0.15, 0.2) is 12.1 Å². The summed E-state index contributed by atoms with van der Waals surface area (Å²) >= 11 is 6.53. The minimum Gasteiger partial charge on any atom is -0.258 e. The van der Waals surface area contributed by atoms with Gasteiger partial charge in [-0.15, -0.1) is 21.8 Å². The molecular formula is C11H8ClF2N3O2S. The van der Waals surface area contributed by atoms with E-state index in [0.29, 0.717) is 23.7 Å². The maximum Gasteiger partial charge on any atom is 0.305 e. The maximum absolute atomic E-state index is 14.0. The molecule has 0 spiro atoms. The number of rotatable bonds is 5. The molecule has 0 bridgehead atoms. The highest BCUT2D eigenvalue weighted by atomic mass is 35.5. The van der Waals surface area contributed by atoms with Gasteiger partial charge in [-0.25, -0.2) is 4.39 Å². The monoisotopic (exact) mass is 319 g/mol. The Bertz CT molecular complexity index is 651. The molecule has 0 saturated carbocycles. The number of nitro benzene ring substituents is 1. The Balaban J connectivity index is 2.44. The highest BCUT2D eigenvalue weighted by molar-refractivity contribution is 7.14. The number of benzene rings is 1. The number of nitro groups is 1. The van der Waals surface area contributed by atoms with Crippen LogP contribution in [-0.4, -0.2) is 21.0 Å². The fourth-order valence-electron chi connectivity index (χ4n) is 1.55. The molecule has 0 N–H and O–H groups in total. The molecule has 1 aromatic carbocycles. The molecule has 0 aliphatic rings. The lowest BCUT2D eigenvalue weighted by Gasteiger charge is -2.01. The van der Waals surface area contributed by atoms with Gasteiger partial charge in [0.15, 0.2) is 5.01 Å². The number of aryl methyl sites for hydroxylation is 1. The lowest BCUT2D eigenvalue weighted by Crippen LogP contribution is -1.97. The van der Waals surface area contributed by atoms with Crippen LogP contribution >= 0.6 is 22.9 Å². The van der Waals surface area contributed by atoms with Crippen molar-refractivity contribution in [2.75, 3.05) is 5.88 Å². The molecule has 9 heteroatoms. The van der Waals surface area contributed by atoms with Crippen molar-refractivity contribution in [3.63, 3.8) is 0 Å². The van der Waals surface area contributed by atoms with Crippen molar-refractivity contribution in [3.05, 3.63) is 38.9 Å². The first-order valence-corrected chi connectivity index (χ1v) is 6.90. The van der Waals surface area contributed by atoms with Crippen molar-refractivity contribution in [1.29, 1.82) is 0 Å². The highest BCUT2D eigenvalue weighted by Crippen LogP contribution is 2.33. The Labute approximate surface area is 121 Å². The molecule has 0 fully saturated rings. The summed E-state index contributed by atoms with van der Waals surface area (Å²) in [4.78, 5) is 9.75. The fraction of sp³-hybridized carbons (Fsp3) is 0.273. The summed E-state index contributed by atoms with van der Waals surface area (Å²) in [7, 11) is 0. The van der Waals surface area contributed by atoms with Gasteiger partial charge in [0.2, 0.25) is 5.82 Å². The van der Waals surface area contributed by atoms with E-state index in [9.17, 15) is 18.9 Å². The number of alkyl halides is 1. The Morgan fingerprint density at radius 3 is 2.75 bits per heavy atom. The first-order valence-electron chi connectivity index (χ1n) is 5.55. The van der Waals surface area contributed by atoms with Gasteiger partial charge < -0.3 is 0 Å². The summed E-state index contributed by atoms with van der Waals surface area (Å²) in [5, 5.41) is 18.7. The predicted octanol–water partition coefficient (Wildman–Crippen LogP) is 3.56. The van der Waals surface area contributed by atoms with Crippen molar-refractivity contribution in [2.45, 2.75) is 12.8 Å². The molecule has 1 aromatic heterocycles. The molecule has 0 radical (unpaired) electrons. The molecule has 0 aliphatic carbocycles. The zero-order valence-corrected chi connectivity index (χ0v) is 11.5. The molecule has 1 heterocycles. The van der Waals surface area contributed by atoms with Crippen LogP contribution in [0.5, 0.6) is 0 Å². The zero-order chi connectivity index (χ0) is 14.7. The smallest absolute Gasteiger partial charge is 0.258 e. The van der Waals surface area contributed by atoms with Gasteiger partial charge in [-0.05, 0) is 12.5 Å². The van der Waals surface area contributed by atoms with E-state index >= 15 is 0 Å². The molecule has 2 aromatic rings. The van der Waals surface area contributed by atoms with E-state index in [1.165, 1.54) is 0 Å². The van der Waals surface area contributed by atoms with Crippen LogP contribution in [-0.2, 0) is 6.42 Å². The summed E-state index contributed by atoms with van der Waals surface area (Å²) in [5.41, 5.74) is -1.31. The second-order valence-corrected chi connectivity index (χ2v) is 5.25. The normalized spacial score (nSPS) is 10.8. The van der Waals surface area contributed by atoms with Gasteiger partial charge in [0.1, 0.15) is 10.8 Å². The second-order valence-electron chi connectivity index (χ2n) is 3.81. The van der Waals surface area contributed by atoms with E-state index in [0.717, 1.165) is 23.5 Å². The molecule has 0 amide bonds. The number of aromatic nitrogens is 2. The summed E-state index contributed by atoms with van der Waals surface area (Å²) in [6.45, 7) is 0. The third-order valence-electron chi connectivity index (χ3n) is 2.47. The van der Waals surface area contributed by atoms with Crippen LogP contribution in [0.25, 0.3) is 10.6 Å². The average Bonchev–Trinajstić information content (AvgIpc) is 2.84. The zero-order valence-electron chi connectivity index (χ0n) is 9.98. The van der Waals surface area contributed by atoms with Crippen molar-refractivity contribution >= 4 is 28.6 Å². The maximum atomic E-state index is 14.0. The fourth-order valence-corrected chi connectivity index (χ4v) is 2.61.